The summed E-state index contributed by atoms with van der Waals surface area (Å²) in [5, 5.41) is 3.11. The number of hydrogen-bond acceptors (Lipinski definition) is 3. The standard InChI is InChI=1S/C6H14NO4P/c1-5-2-6(7-3-5)4-11-12(8,9)10/h5-7H,2-4H2,1H3,(H2,8,9,10)/t5-,6-/m0/s1. The van der Waals surface area contributed by atoms with Crippen LogP contribution in [0.2, 0.25) is 0 Å². The van der Waals surface area contributed by atoms with Crippen LogP contribution < -0.4 is 5.32 Å². The molecule has 0 aromatic heterocycles. The normalized spacial score (nSPS) is 30.9. The Hall–Kier alpha value is 0.0700. The number of nitrogens with one attached hydrogen (secondary N) is 1. The van der Waals surface area contributed by atoms with Gasteiger partial charge in [0.15, 0.2) is 0 Å². The van der Waals surface area contributed by atoms with Crippen LogP contribution in [0.5, 0.6) is 0 Å². The molecule has 0 aliphatic carbocycles. The van der Waals surface area contributed by atoms with E-state index in [1.54, 1.807) is 0 Å². The van der Waals surface area contributed by atoms with Gasteiger partial charge < -0.3 is 15.1 Å². The van der Waals surface area contributed by atoms with Crippen LogP contribution in [0.1, 0.15) is 13.3 Å². The summed E-state index contributed by atoms with van der Waals surface area (Å²) < 4.78 is 14.7. The molecule has 0 bridgehead atoms. The third-order valence-electron chi connectivity index (χ3n) is 1.89. The first-order chi connectivity index (χ1) is 5.47. The average molecular weight is 195 g/mol. The molecule has 0 unspecified atom stereocenters. The molecule has 2 atom stereocenters. The molecule has 0 spiro atoms. The van der Waals surface area contributed by atoms with Crippen LogP contribution in [-0.2, 0) is 9.09 Å². The summed E-state index contributed by atoms with van der Waals surface area (Å²) in [6.07, 6.45) is 0.917. The van der Waals surface area contributed by atoms with E-state index in [0.717, 1.165) is 13.0 Å². The molecule has 0 saturated carbocycles. The lowest BCUT2D eigenvalue weighted by Crippen LogP contribution is -2.26. The van der Waals surface area contributed by atoms with Crippen molar-refractivity contribution in [3.05, 3.63) is 0 Å². The minimum Gasteiger partial charge on any atom is -0.311 e. The zero-order chi connectivity index (χ0) is 9.19. The molecule has 0 aromatic carbocycles. The van der Waals surface area contributed by atoms with E-state index in [0.29, 0.717) is 5.92 Å². The first-order valence-electron chi connectivity index (χ1n) is 3.91. The Kier molecular flexibility index (Phi) is 3.26. The fraction of sp³-hybridized carbons (Fsp3) is 1.00. The summed E-state index contributed by atoms with van der Waals surface area (Å²) in [7, 11) is -4.28. The van der Waals surface area contributed by atoms with E-state index in [9.17, 15) is 4.57 Å². The molecule has 3 N–H and O–H groups in total. The van der Waals surface area contributed by atoms with Gasteiger partial charge in [0, 0.05) is 6.04 Å². The SMILES string of the molecule is C[C@@H]1CN[C@H](COP(=O)(O)O)C1. The van der Waals surface area contributed by atoms with Crippen molar-refractivity contribution in [1.82, 2.24) is 5.32 Å². The molecule has 1 rings (SSSR count). The van der Waals surface area contributed by atoms with Crippen LogP contribution in [0.3, 0.4) is 0 Å². The highest BCUT2D eigenvalue weighted by molar-refractivity contribution is 7.46. The Labute approximate surface area is 71.4 Å². The van der Waals surface area contributed by atoms with Gasteiger partial charge in [-0.2, -0.15) is 0 Å². The molecule has 72 valence electrons. The number of phosphoric acid groups is 1. The van der Waals surface area contributed by atoms with E-state index in [1.165, 1.54) is 0 Å². The van der Waals surface area contributed by atoms with Crippen molar-refractivity contribution in [1.29, 1.82) is 0 Å². The van der Waals surface area contributed by atoms with Gasteiger partial charge in [0.2, 0.25) is 0 Å². The second-order valence-electron chi connectivity index (χ2n) is 3.23. The predicted octanol–water partition coefficient (Wildman–Crippen LogP) is 0.0937. The Morgan fingerprint density at radius 2 is 2.33 bits per heavy atom. The van der Waals surface area contributed by atoms with Gasteiger partial charge in [0.1, 0.15) is 0 Å². The van der Waals surface area contributed by atoms with Crippen molar-refractivity contribution in [2.75, 3.05) is 13.2 Å². The topological polar surface area (TPSA) is 78.8 Å². The van der Waals surface area contributed by atoms with E-state index >= 15 is 0 Å². The Balaban J connectivity index is 2.21. The van der Waals surface area contributed by atoms with Crippen LogP contribution in [0.25, 0.3) is 0 Å². The van der Waals surface area contributed by atoms with E-state index in [-0.39, 0.29) is 12.6 Å². The molecule has 1 heterocycles. The highest BCUT2D eigenvalue weighted by atomic mass is 31.2. The summed E-state index contributed by atoms with van der Waals surface area (Å²) in [5.74, 6) is 0.565. The predicted molar refractivity (Wildman–Crippen MR) is 43.6 cm³/mol. The quantitative estimate of drug-likeness (QED) is 0.556. The van der Waals surface area contributed by atoms with Crippen LogP contribution in [0.15, 0.2) is 0 Å². The van der Waals surface area contributed by atoms with Gasteiger partial charge in [-0.25, -0.2) is 4.57 Å². The zero-order valence-electron chi connectivity index (χ0n) is 6.93. The Morgan fingerprint density at radius 3 is 2.75 bits per heavy atom. The largest absolute Gasteiger partial charge is 0.469 e. The highest BCUT2D eigenvalue weighted by Crippen LogP contribution is 2.36. The fourth-order valence-corrected chi connectivity index (χ4v) is 1.71. The van der Waals surface area contributed by atoms with Crippen molar-refractivity contribution >= 4 is 7.82 Å². The first-order valence-corrected chi connectivity index (χ1v) is 5.44. The minimum absolute atomic E-state index is 0.0904. The molecule has 0 radical (unpaired) electrons. The van der Waals surface area contributed by atoms with Gasteiger partial charge >= 0.3 is 7.82 Å². The summed E-state index contributed by atoms with van der Waals surface area (Å²) in [6, 6.07) is 0.0904. The monoisotopic (exact) mass is 195 g/mol. The van der Waals surface area contributed by atoms with Gasteiger partial charge in [0.05, 0.1) is 6.61 Å². The summed E-state index contributed by atoms with van der Waals surface area (Å²) >= 11 is 0. The van der Waals surface area contributed by atoms with Crippen LogP contribution in [-0.4, -0.2) is 29.0 Å². The Morgan fingerprint density at radius 1 is 1.67 bits per heavy atom. The van der Waals surface area contributed by atoms with Crippen LogP contribution in [0.4, 0.5) is 0 Å². The smallest absolute Gasteiger partial charge is 0.311 e. The summed E-state index contributed by atoms with van der Waals surface area (Å²) in [4.78, 5) is 16.8. The van der Waals surface area contributed by atoms with E-state index < -0.39 is 7.82 Å². The molecule has 1 saturated heterocycles. The molecule has 1 fully saturated rings. The summed E-state index contributed by atoms with van der Waals surface area (Å²) in [5.41, 5.74) is 0. The van der Waals surface area contributed by atoms with Crippen LogP contribution in [0, 0.1) is 5.92 Å². The van der Waals surface area contributed by atoms with Crippen molar-refractivity contribution in [3.8, 4) is 0 Å². The second-order valence-corrected chi connectivity index (χ2v) is 4.47. The highest BCUT2D eigenvalue weighted by Gasteiger charge is 2.23. The van der Waals surface area contributed by atoms with Gasteiger partial charge in [-0.05, 0) is 18.9 Å². The lowest BCUT2D eigenvalue weighted by Gasteiger charge is -2.10. The molecule has 12 heavy (non-hydrogen) atoms. The number of phosphoric ester groups is 1. The van der Waals surface area contributed by atoms with Crippen molar-refractivity contribution in [3.63, 3.8) is 0 Å². The maximum atomic E-state index is 10.3. The van der Waals surface area contributed by atoms with E-state index in [4.69, 9.17) is 9.79 Å². The van der Waals surface area contributed by atoms with Gasteiger partial charge in [-0.1, -0.05) is 6.92 Å². The zero-order valence-corrected chi connectivity index (χ0v) is 7.83. The van der Waals surface area contributed by atoms with Crippen LogP contribution >= 0.6 is 7.82 Å². The molecule has 1 aliphatic rings. The molecule has 0 aromatic rings. The molecule has 6 heteroatoms. The number of hydrogen-bond donors (Lipinski definition) is 3. The fourth-order valence-electron chi connectivity index (χ4n) is 1.33. The third kappa shape index (κ3) is 3.65. The molecule has 1 aliphatic heterocycles. The van der Waals surface area contributed by atoms with Gasteiger partial charge in [0.25, 0.3) is 0 Å². The van der Waals surface area contributed by atoms with Crippen molar-refractivity contribution in [2.24, 2.45) is 5.92 Å². The average Bonchev–Trinajstić information content (AvgIpc) is 2.30. The summed E-state index contributed by atoms with van der Waals surface area (Å²) in [6.45, 7) is 3.08. The van der Waals surface area contributed by atoms with Gasteiger partial charge in [-0.3, -0.25) is 4.52 Å². The lowest BCUT2D eigenvalue weighted by molar-refractivity contribution is 0.181. The second kappa shape index (κ2) is 3.85. The maximum Gasteiger partial charge on any atom is 0.469 e. The Bertz CT molecular complexity index is 192. The third-order valence-corrected chi connectivity index (χ3v) is 2.37. The maximum absolute atomic E-state index is 10.3. The van der Waals surface area contributed by atoms with Gasteiger partial charge in [-0.15, -0.1) is 0 Å². The lowest BCUT2D eigenvalue weighted by atomic mass is 10.1. The molecule has 0 amide bonds. The van der Waals surface area contributed by atoms with E-state index in [1.807, 2.05) is 0 Å². The molecule has 5 nitrogen and oxygen atoms in total. The van der Waals surface area contributed by atoms with Crippen molar-refractivity contribution < 1.29 is 18.9 Å². The molecular formula is C6H14NO4P. The van der Waals surface area contributed by atoms with Crippen molar-refractivity contribution in [2.45, 2.75) is 19.4 Å². The molecular weight excluding hydrogens is 181 g/mol. The first kappa shape index (κ1) is 10.2. The minimum atomic E-state index is -4.28. The number of rotatable bonds is 3. The van der Waals surface area contributed by atoms with E-state index in [2.05, 4.69) is 16.8 Å².